The Morgan fingerprint density at radius 3 is 3.10 bits per heavy atom. The normalized spacial score (nSPS) is 17.3. The van der Waals surface area contributed by atoms with Crippen LogP contribution in [0.5, 0.6) is 0 Å². The summed E-state index contributed by atoms with van der Waals surface area (Å²) in [6, 6.07) is 7.64. The standard InChI is InChI=1S/C20H22BrN5O2S/c21-15-7-8-17(22-12-15)23-20(27)14-4-1-9-26(13-14)10-2-6-18-24-19(25-28-18)16-5-3-11-29-16/h3,5,7-8,11-12,14H,1-2,4,6,9-10,13H2,(H,22,23,27). The highest BCUT2D eigenvalue weighted by Gasteiger charge is 2.26. The van der Waals surface area contributed by atoms with E-state index >= 15 is 0 Å². The fourth-order valence-corrected chi connectivity index (χ4v) is 4.35. The van der Waals surface area contributed by atoms with E-state index in [1.54, 1.807) is 23.6 Å². The molecule has 0 aromatic carbocycles. The van der Waals surface area contributed by atoms with E-state index in [-0.39, 0.29) is 11.8 Å². The fourth-order valence-electron chi connectivity index (χ4n) is 3.47. The number of halogens is 1. The smallest absolute Gasteiger partial charge is 0.229 e. The summed E-state index contributed by atoms with van der Waals surface area (Å²) in [5.74, 6) is 1.95. The first-order valence-corrected chi connectivity index (χ1v) is 11.4. The summed E-state index contributed by atoms with van der Waals surface area (Å²) in [5.41, 5.74) is 0. The molecule has 1 N–H and O–H groups in total. The number of rotatable bonds is 7. The van der Waals surface area contributed by atoms with Crippen LogP contribution in [0.15, 0.2) is 44.8 Å². The van der Waals surface area contributed by atoms with Crippen LogP contribution >= 0.6 is 27.3 Å². The van der Waals surface area contributed by atoms with E-state index in [0.29, 0.717) is 17.5 Å². The van der Waals surface area contributed by atoms with E-state index in [0.717, 1.165) is 54.7 Å². The van der Waals surface area contributed by atoms with E-state index in [4.69, 9.17) is 4.52 Å². The van der Waals surface area contributed by atoms with E-state index in [1.807, 2.05) is 23.6 Å². The maximum atomic E-state index is 12.6. The van der Waals surface area contributed by atoms with E-state index < -0.39 is 0 Å². The van der Waals surface area contributed by atoms with Crippen molar-refractivity contribution in [2.45, 2.75) is 25.7 Å². The number of amides is 1. The second kappa shape index (κ2) is 9.60. The maximum absolute atomic E-state index is 12.6. The summed E-state index contributed by atoms with van der Waals surface area (Å²) >= 11 is 4.95. The Bertz CT molecular complexity index is 929. The van der Waals surface area contributed by atoms with Crippen LogP contribution in [0.2, 0.25) is 0 Å². The van der Waals surface area contributed by atoms with Gasteiger partial charge in [-0.05, 0) is 71.9 Å². The van der Waals surface area contributed by atoms with E-state index in [2.05, 4.69) is 41.3 Å². The molecule has 4 rings (SSSR count). The van der Waals surface area contributed by atoms with Gasteiger partial charge in [-0.2, -0.15) is 4.98 Å². The Balaban J connectivity index is 1.23. The molecule has 1 fully saturated rings. The first-order chi connectivity index (χ1) is 14.2. The number of likely N-dealkylation sites (tertiary alicyclic amines) is 1. The maximum Gasteiger partial charge on any atom is 0.229 e. The molecule has 29 heavy (non-hydrogen) atoms. The summed E-state index contributed by atoms with van der Waals surface area (Å²) in [4.78, 5) is 24.6. The number of piperidine rings is 1. The van der Waals surface area contributed by atoms with Crippen molar-refractivity contribution in [1.82, 2.24) is 20.0 Å². The number of anilines is 1. The van der Waals surface area contributed by atoms with Gasteiger partial charge >= 0.3 is 0 Å². The molecule has 0 saturated carbocycles. The largest absolute Gasteiger partial charge is 0.339 e. The van der Waals surface area contributed by atoms with Crippen LogP contribution in [0.3, 0.4) is 0 Å². The Kier molecular flexibility index (Phi) is 6.68. The lowest BCUT2D eigenvalue weighted by Gasteiger charge is -2.31. The second-order valence-electron chi connectivity index (χ2n) is 7.08. The molecule has 4 heterocycles. The van der Waals surface area contributed by atoms with Crippen LogP contribution in [0.1, 0.15) is 25.2 Å². The number of pyridine rings is 1. The zero-order valence-electron chi connectivity index (χ0n) is 15.9. The summed E-state index contributed by atoms with van der Waals surface area (Å²) in [5, 5.41) is 8.98. The van der Waals surface area contributed by atoms with Crippen LogP contribution in [0, 0.1) is 5.92 Å². The molecule has 9 heteroatoms. The number of aromatic nitrogens is 3. The van der Waals surface area contributed by atoms with E-state index in [9.17, 15) is 4.79 Å². The SMILES string of the molecule is O=C(Nc1ccc(Br)cn1)C1CCCN(CCCc2nc(-c3cccs3)no2)C1. The number of nitrogens with zero attached hydrogens (tertiary/aromatic N) is 4. The van der Waals surface area contributed by atoms with Crippen molar-refractivity contribution in [3.8, 4) is 10.7 Å². The zero-order valence-corrected chi connectivity index (χ0v) is 18.3. The molecule has 1 atom stereocenters. The van der Waals surface area contributed by atoms with Crippen molar-refractivity contribution in [3.05, 3.63) is 46.2 Å². The second-order valence-corrected chi connectivity index (χ2v) is 8.95. The van der Waals surface area contributed by atoms with Gasteiger partial charge in [-0.1, -0.05) is 11.2 Å². The molecule has 1 saturated heterocycles. The van der Waals surface area contributed by atoms with Crippen LogP contribution < -0.4 is 5.32 Å². The number of aryl methyl sites for hydroxylation is 1. The highest BCUT2D eigenvalue weighted by molar-refractivity contribution is 9.10. The molecule has 1 amide bonds. The molecule has 0 aliphatic carbocycles. The minimum atomic E-state index is -0.0111. The van der Waals surface area contributed by atoms with Gasteiger partial charge in [0, 0.05) is 23.6 Å². The zero-order chi connectivity index (χ0) is 20.1. The average Bonchev–Trinajstić information content (AvgIpc) is 3.42. The monoisotopic (exact) mass is 475 g/mol. The van der Waals surface area contributed by atoms with Crippen LogP contribution in [-0.4, -0.2) is 45.6 Å². The number of carbonyl (C=O) groups is 1. The van der Waals surface area contributed by atoms with Gasteiger partial charge in [0.1, 0.15) is 5.82 Å². The lowest BCUT2D eigenvalue weighted by Crippen LogP contribution is -2.41. The third-order valence-electron chi connectivity index (χ3n) is 4.93. The van der Waals surface area contributed by atoms with Gasteiger partial charge in [0.25, 0.3) is 0 Å². The molecule has 0 spiro atoms. The molecule has 1 aliphatic heterocycles. The van der Waals surface area contributed by atoms with Crippen molar-refractivity contribution < 1.29 is 9.32 Å². The minimum absolute atomic E-state index is 0.0111. The van der Waals surface area contributed by atoms with Crippen molar-refractivity contribution in [2.75, 3.05) is 25.0 Å². The molecule has 7 nitrogen and oxygen atoms in total. The molecule has 3 aromatic rings. The van der Waals surface area contributed by atoms with Crippen molar-refractivity contribution in [3.63, 3.8) is 0 Å². The van der Waals surface area contributed by atoms with Gasteiger partial charge in [0.2, 0.25) is 17.6 Å². The first-order valence-electron chi connectivity index (χ1n) is 9.68. The quantitative estimate of drug-likeness (QED) is 0.549. The Morgan fingerprint density at radius 2 is 2.31 bits per heavy atom. The predicted molar refractivity (Wildman–Crippen MR) is 116 cm³/mol. The van der Waals surface area contributed by atoms with Crippen molar-refractivity contribution in [2.24, 2.45) is 5.92 Å². The van der Waals surface area contributed by atoms with Gasteiger partial charge in [-0.3, -0.25) is 4.79 Å². The van der Waals surface area contributed by atoms with Crippen LogP contribution in [-0.2, 0) is 11.2 Å². The van der Waals surface area contributed by atoms with E-state index in [1.165, 1.54) is 0 Å². The summed E-state index contributed by atoms with van der Waals surface area (Å²) in [6.07, 6.45) is 5.29. The summed E-state index contributed by atoms with van der Waals surface area (Å²) in [7, 11) is 0. The van der Waals surface area contributed by atoms with Crippen molar-refractivity contribution in [1.29, 1.82) is 0 Å². The lowest BCUT2D eigenvalue weighted by atomic mass is 9.97. The number of hydrogen-bond donors (Lipinski definition) is 1. The number of carbonyl (C=O) groups excluding carboxylic acids is 1. The molecule has 1 unspecified atom stereocenters. The van der Waals surface area contributed by atoms with Gasteiger partial charge in [0.15, 0.2) is 0 Å². The highest BCUT2D eigenvalue weighted by atomic mass is 79.9. The Labute approximate surface area is 181 Å². The van der Waals surface area contributed by atoms with Crippen LogP contribution in [0.25, 0.3) is 10.7 Å². The predicted octanol–water partition coefficient (Wildman–Crippen LogP) is 4.24. The summed E-state index contributed by atoms with van der Waals surface area (Å²) in [6.45, 7) is 2.70. The average molecular weight is 476 g/mol. The molecule has 1 aliphatic rings. The molecular weight excluding hydrogens is 454 g/mol. The Morgan fingerprint density at radius 1 is 1.38 bits per heavy atom. The fraction of sp³-hybridized carbons (Fsp3) is 0.400. The van der Waals surface area contributed by atoms with Gasteiger partial charge in [-0.15, -0.1) is 11.3 Å². The summed E-state index contributed by atoms with van der Waals surface area (Å²) < 4.78 is 6.26. The third-order valence-corrected chi connectivity index (χ3v) is 6.26. The third kappa shape index (κ3) is 5.49. The van der Waals surface area contributed by atoms with Gasteiger partial charge in [-0.25, -0.2) is 4.98 Å². The number of nitrogens with one attached hydrogen (secondary N) is 1. The highest BCUT2D eigenvalue weighted by Crippen LogP contribution is 2.22. The molecule has 152 valence electrons. The lowest BCUT2D eigenvalue weighted by molar-refractivity contribution is -0.121. The molecular formula is C20H22BrN5O2S. The Hall–Kier alpha value is -2.10. The number of hydrogen-bond acceptors (Lipinski definition) is 7. The topological polar surface area (TPSA) is 84.2 Å². The number of thiophene rings is 1. The molecule has 0 radical (unpaired) electrons. The molecule has 3 aromatic heterocycles. The first kappa shape index (κ1) is 20.2. The minimum Gasteiger partial charge on any atom is -0.339 e. The van der Waals surface area contributed by atoms with Crippen LogP contribution in [0.4, 0.5) is 5.82 Å². The van der Waals surface area contributed by atoms with Crippen molar-refractivity contribution >= 4 is 39.0 Å². The molecule has 0 bridgehead atoms. The van der Waals surface area contributed by atoms with Gasteiger partial charge < -0.3 is 14.7 Å². The van der Waals surface area contributed by atoms with Gasteiger partial charge in [0.05, 0.1) is 10.8 Å².